The molecule has 1 amide bonds. The Morgan fingerprint density at radius 2 is 1.62 bits per heavy atom. The van der Waals surface area contributed by atoms with Crippen molar-refractivity contribution in [2.45, 2.75) is 38.2 Å². The van der Waals surface area contributed by atoms with Crippen LogP contribution in [0.15, 0.2) is 12.2 Å². The van der Waals surface area contributed by atoms with Crippen molar-refractivity contribution >= 4 is 6.09 Å². The molecule has 0 spiro atoms. The summed E-state index contributed by atoms with van der Waals surface area (Å²) in [6.45, 7) is 4.02. The normalized spacial score (nSPS) is 19.3. The van der Waals surface area contributed by atoms with Gasteiger partial charge in [-0.05, 0) is 32.1 Å². The summed E-state index contributed by atoms with van der Waals surface area (Å²) in [5, 5.41) is 2.71. The molecule has 1 aliphatic carbocycles. The lowest BCUT2D eigenvalue weighted by Gasteiger charge is -2.18. The first-order valence-corrected chi connectivity index (χ1v) is 8.85. The molecule has 140 valence electrons. The molecule has 24 heavy (non-hydrogen) atoms. The number of nitrogens with two attached hydrogens (primary N) is 1. The zero-order chi connectivity index (χ0) is 17.3. The standard InChI is InChI=1S/C17H32N2O5/c18-8-10-21-12-14-23-15-13-22-11-9-19-17(20)24-16-6-4-2-1-3-5-7-16/h1-2,16H,3-15,18H2,(H,19,20)/b2-1+/t16-/m1/s1. The third-order valence-corrected chi connectivity index (χ3v) is 3.51. The van der Waals surface area contributed by atoms with Crippen molar-refractivity contribution in [3.63, 3.8) is 0 Å². The fourth-order valence-electron chi connectivity index (χ4n) is 2.29. The Morgan fingerprint density at radius 3 is 2.38 bits per heavy atom. The predicted molar refractivity (Wildman–Crippen MR) is 92.0 cm³/mol. The summed E-state index contributed by atoms with van der Waals surface area (Å²) in [6.07, 6.45) is 8.95. The van der Waals surface area contributed by atoms with E-state index in [0.29, 0.717) is 52.7 Å². The third-order valence-electron chi connectivity index (χ3n) is 3.51. The molecule has 7 nitrogen and oxygen atoms in total. The summed E-state index contributed by atoms with van der Waals surface area (Å²) in [4.78, 5) is 11.7. The molecule has 0 aromatic heterocycles. The van der Waals surface area contributed by atoms with Gasteiger partial charge >= 0.3 is 6.09 Å². The largest absolute Gasteiger partial charge is 0.446 e. The average molecular weight is 344 g/mol. The van der Waals surface area contributed by atoms with Crippen LogP contribution in [-0.4, -0.2) is 64.9 Å². The second kappa shape index (κ2) is 15.4. The molecule has 7 heteroatoms. The number of rotatable bonds is 12. The Hall–Kier alpha value is -1.15. The lowest BCUT2D eigenvalue weighted by molar-refractivity contribution is 0.0161. The molecular formula is C17H32N2O5. The number of amides is 1. The van der Waals surface area contributed by atoms with Crippen molar-refractivity contribution in [1.29, 1.82) is 0 Å². The molecule has 0 aromatic carbocycles. The minimum absolute atomic E-state index is 0.0192. The van der Waals surface area contributed by atoms with Gasteiger partial charge in [0.15, 0.2) is 0 Å². The summed E-state index contributed by atoms with van der Waals surface area (Å²) in [5.41, 5.74) is 5.30. The molecule has 0 saturated heterocycles. The monoisotopic (exact) mass is 344 g/mol. The van der Waals surface area contributed by atoms with Gasteiger partial charge in [-0.3, -0.25) is 0 Å². The van der Waals surface area contributed by atoms with Gasteiger partial charge in [-0.1, -0.05) is 12.2 Å². The summed E-state index contributed by atoms with van der Waals surface area (Å²) in [5.74, 6) is 0. The summed E-state index contributed by atoms with van der Waals surface area (Å²) >= 11 is 0. The van der Waals surface area contributed by atoms with E-state index in [1.165, 1.54) is 0 Å². The number of hydrogen-bond donors (Lipinski definition) is 2. The van der Waals surface area contributed by atoms with E-state index in [9.17, 15) is 4.79 Å². The Morgan fingerprint density at radius 1 is 0.958 bits per heavy atom. The minimum atomic E-state index is -0.360. The van der Waals surface area contributed by atoms with Gasteiger partial charge in [-0.15, -0.1) is 0 Å². The number of ether oxygens (including phenoxy) is 4. The zero-order valence-corrected chi connectivity index (χ0v) is 14.5. The Labute approximate surface area is 144 Å². The van der Waals surface area contributed by atoms with Gasteiger partial charge in [-0.25, -0.2) is 4.79 Å². The van der Waals surface area contributed by atoms with Gasteiger partial charge in [0.2, 0.25) is 0 Å². The maximum atomic E-state index is 11.7. The van der Waals surface area contributed by atoms with E-state index in [4.69, 9.17) is 24.7 Å². The first-order valence-electron chi connectivity index (χ1n) is 8.85. The molecule has 0 bridgehead atoms. The van der Waals surface area contributed by atoms with Gasteiger partial charge < -0.3 is 30.0 Å². The summed E-state index contributed by atoms with van der Waals surface area (Å²) < 4.78 is 21.3. The molecule has 0 radical (unpaired) electrons. The molecule has 1 rings (SSSR count). The Balaban J connectivity index is 1.88. The number of carbonyl (C=O) groups is 1. The van der Waals surface area contributed by atoms with Crippen LogP contribution in [0.4, 0.5) is 4.79 Å². The lowest BCUT2D eigenvalue weighted by Crippen LogP contribution is -2.31. The first-order chi connectivity index (χ1) is 11.8. The van der Waals surface area contributed by atoms with Gasteiger partial charge in [0.1, 0.15) is 6.10 Å². The lowest BCUT2D eigenvalue weighted by atomic mass is 10.0. The van der Waals surface area contributed by atoms with Crippen LogP contribution >= 0.6 is 0 Å². The number of nitrogens with one attached hydrogen (secondary N) is 1. The maximum absolute atomic E-state index is 11.7. The molecule has 1 aliphatic rings. The second-order valence-corrected chi connectivity index (χ2v) is 5.56. The number of allylic oxidation sites excluding steroid dienone is 2. The van der Waals surface area contributed by atoms with Crippen molar-refractivity contribution in [3.8, 4) is 0 Å². The van der Waals surface area contributed by atoms with Crippen LogP contribution in [0.2, 0.25) is 0 Å². The highest BCUT2D eigenvalue weighted by Gasteiger charge is 2.14. The van der Waals surface area contributed by atoms with E-state index >= 15 is 0 Å². The van der Waals surface area contributed by atoms with Gasteiger partial charge in [0.05, 0.1) is 39.6 Å². The smallest absolute Gasteiger partial charge is 0.407 e. The Bertz CT molecular complexity index is 339. The molecule has 0 aliphatic heterocycles. The van der Waals surface area contributed by atoms with E-state index in [1.54, 1.807) is 0 Å². The zero-order valence-electron chi connectivity index (χ0n) is 14.5. The number of alkyl carbamates (subject to hydrolysis) is 1. The van der Waals surface area contributed by atoms with Gasteiger partial charge in [0, 0.05) is 13.1 Å². The quantitative estimate of drug-likeness (QED) is 0.413. The van der Waals surface area contributed by atoms with Crippen molar-refractivity contribution < 1.29 is 23.7 Å². The topological polar surface area (TPSA) is 92.0 Å². The van der Waals surface area contributed by atoms with E-state index in [2.05, 4.69) is 17.5 Å². The number of hydrogen-bond acceptors (Lipinski definition) is 6. The van der Waals surface area contributed by atoms with E-state index in [-0.39, 0.29) is 12.2 Å². The Kier molecular flexibility index (Phi) is 13.4. The highest BCUT2D eigenvalue weighted by atomic mass is 16.6. The van der Waals surface area contributed by atoms with Crippen molar-refractivity contribution in [2.24, 2.45) is 5.73 Å². The van der Waals surface area contributed by atoms with Crippen molar-refractivity contribution in [2.75, 3.05) is 52.7 Å². The molecule has 3 N–H and O–H groups in total. The van der Waals surface area contributed by atoms with Gasteiger partial charge in [-0.2, -0.15) is 0 Å². The summed E-state index contributed by atoms with van der Waals surface area (Å²) in [6, 6.07) is 0. The van der Waals surface area contributed by atoms with Crippen LogP contribution in [0.25, 0.3) is 0 Å². The third kappa shape index (κ3) is 12.3. The van der Waals surface area contributed by atoms with Crippen LogP contribution < -0.4 is 11.1 Å². The molecule has 0 aromatic rings. The van der Waals surface area contributed by atoms with Crippen LogP contribution in [0.5, 0.6) is 0 Å². The van der Waals surface area contributed by atoms with Gasteiger partial charge in [0.25, 0.3) is 0 Å². The molecule has 0 saturated carbocycles. The van der Waals surface area contributed by atoms with Crippen molar-refractivity contribution in [1.82, 2.24) is 5.32 Å². The van der Waals surface area contributed by atoms with E-state index < -0.39 is 0 Å². The highest BCUT2D eigenvalue weighted by Crippen LogP contribution is 2.15. The average Bonchev–Trinajstić information content (AvgIpc) is 2.55. The fourth-order valence-corrected chi connectivity index (χ4v) is 2.29. The second-order valence-electron chi connectivity index (χ2n) is 5.56. The molecule has 0 unspecified atom stereocenters. The first kappa shape index (κ1) is 20.9. The SMILES string of the molecule is NCCOCCOCCOCCNC(=O)O[C@@H]1CC/C=C/CCC1. The van der Waals surface area contributed by atoms with Crippen LogP contribution in [-0.2, 0) is 18.9 Å². The molecule has 0 heterocycles. The summed E-state index contributed by atoms with van der Waals surface area (Å²) in [7, 11) is 0. The van der Waals surface area contributed by atoms with E-state index in [0.717, 1.165) is 32.1 Å². The number of carbonyl (C=O) groups excluding carboxylic acids is 1. The molecule has 1 atom stereocenters. The molecular weight excluding hydrogens is 312 g/mol. The molecule has 0 fully saturated rings. The minimum Gasteiger partial charge on any atom is -0.446 e. The van der Waals surface area contributed by atoms with Crippen molar-refractivity contribution in [3.05, 3.63) is 12.2 Å². The fraction of sp³-hybridized carbons (Fsp3) is 0.824. The highest BCUT2D eigenvalue weighted by molar-refractivity contribution is 5.67. The maximum Gasteiger partial charge on any atom is 0.407 e. The predicted octanol–water partition coefficient (Wildman–Crippen LogP) is 1.61. The van der Waals surface area contributed by atoms with Crippen LogP contribution in [0.1, 0.15) is 32.1 Å². The van der Waals surface area contributed by atoms with E-state index in [1.807, 2.05) is 0 Å². The van der Waals surface area contributed by atoms with Crippen LogP contribution in [0.3, 0.4) is 0 Å². The van der Waals surface area contributed by atoms with Crippen LogP contribution in [0, 0.1) is 0 Å².